The van der Waals surface area contributed by atoms with Crippen LogP contribution in [0.15, 0.2) is 28.1 Å². The van der Waals surface area contributed by atoms with Crippen LogP contribution in [0.2, 0.25) is 0 Å². The quantitative estimate of drug-likeness (QED) is 0.154. The average Bonchev–Trinajstić information content (AvgIpc) is 3.51. The van der Waals surface area contributed by atoms with Gasteiger partial charge in [0.05, 0.1) is 0 Å². The number of fused-ring (bicyclic) bond motifs is 1. The highest BCUT2D eigenvalue weighted by molar-refractivity contribution is 8.00. The summed E-state index contributed by atoms with van der Waals surface area (Å²) in [5.74, 6) is -2.90. The molecule has 1 aromatic rings. The summed E-state index contributed by atoms with van der Waals surface area (Å²) >= 11 is 2.06. The van der Waals surface area contributed by atoms with Crippen LogP contribution in [0.1, 0.15) is 18.3 Å². The van der Waals surface area contributed by atoms with Crippen molar-refractivity contribution in [2.24, 2.45) is 5.18 Å². The van der Waals surface area contributed by atoms with Crippen molar-refractivity contribution in [2.75, 3.05) is 57.3 Å². The van der Waals surface area contributed by atoms with Crippen LogP contribution in [-0.4, -0.2) is 116 Å². The van der Waals surface area contributed by atoms with Gasteiger partial charge < -0.3 is 26.4 Å². The third-order valence-corrected chi connectivity index (χ3v) is 8.87. The average molecular weight is 578 g/mol. The van der Waals surface area contributed by atoms with Crippen LogP contribution in [0.5, 0.6) is 0 Å². The number of β-lactam (4-membered cyclic amide) rings is 1. The van der Waals surface area contributed by atoms with Crippen molar-refractivity contribution >= 4 is 52.1 Å². The van der Waals surface area contributed by atoms with E-state index in [0.717, 1.165) is 49.2 Å². The molecule has 0 saturated carbocycles. The Kier molecular flexibility index (Phi) is 7.92. The Hall–Kier alpha value is -3.41. The molecule has 0 aliphatic carbocycles. The maximum atomic E-state index is 13.0. The van der Waals surface area contributed by atoms with E-state index in [9.17, 15) is 29.2 Å². The van der Waals surface area contributed by atoms with Crippen molar-refractivity contribution in [3.8, 4) is 0 Å². The predicted octanol–water partition coefficient (Wildman–Crippen LogP) is -1.27. The lowest BCUT2D eigenvalue weighted by Gasteiger charge is -2.49. The molecule has 3 amide bonds. The minimum atomic E-state index is -1.59. The second-order valence-corrected chi connectivity index (χ2v) is 11.3. The number of aliphatic carboxylic acids is 1. The molecule has 0 aromatic carbocycles. The van der Waals surface area contributed by atoms with Crippen LogP contribution in [0.3, 0.4) is 0 Å². The molecule has 208 valence electrons. The maximum Gasteiger partial charge on any atom is 0.352 e. The first-order chi connectivity index (χ1) is 18.8. The van der Waals surface area contributed by atoms with E-state index in [2.05, 4.69) is 30.1 Å². The molecule has 1 aromatic heterocycles. The molecular formula is C22H27N9O6S2. The minimum Gasteiger partial charge on any atom is -0.477 e. The molecule has 0 radical (unpaired) electrons. The third-order valence-electron chi connectivity index (χ3n) is 7.01. The fourth-order valence-corrected chi connectivity index (χ4v) is 6.75. The van der Waals surface area contributed by atoms with Crippen molar-refractivity contribution in [2.45, 2.75) is 23.9 Å². The number of rotatable bonds is 9. The Labute approximate surface area is 231 Å². The van der Waals surface area contributed by atoms with Gasteiger partial charge in [0, 0.05) is 68.7 Å². The molecule has 3 atom stereocenters. The van der Waals surface area contributed by atoms with Gasteiger partial charge in [0.1, 0.15) is 17.1 Å². The molecule has 3 saturated heterocycles. The second kappa shape index (κ2) is 11.4. The number of nitrogens with two attached hydrogens (primary N) is 1. The molecule has 0 spiro atoms. The molecule has 3 unspecified atom stereocenters. The first kappa shape index (κ1) is 27.2. The highest BCUT2D eigenvalue weighted by Gasteiger charge is 2.54. The molecule has 0 bridgehead atoms. The Balaban J connectivity index is 1.26. The number of carboxylic acid groups (broad SMARTS) is 1. The SMILES string of the molecule is Nc1nc(C(N=O)C(=O)NC2C(=O)N3C(C(=O)O)=C(C=C4CCN(CCN5CCNCC5)C4=O)CSC23)ns1. The molecule has 5 heterocycles. The number of nitrogens with one attached hydrogen (secondary N) is 2. The van der Waals surface area contributed by atoms with E-state index in [4.69, 9.17) is 5.73 Å². The topological polar surface area (TPSA) is 204 Å². The number of allylic oxidation sites excluding steroid dienone is 1. The number of nitroso groups, excluding NO2 is 1. The number of piperazine rings is 1. The van der Waals surface area contributed by atoms with Crippen molar-refractivity contribution in [3.05, 3.63) is 33.7 Å². The number of likely N-dealkylation sites (tertiary alicyclic amines) is 1. The van der Waals surface area contributed by atoms with E-state index in [-0.39, 0.29) is 28.3 Å². The zero-order valence-corrected chi connectivity index (χ0v) is 22.4. The summed E-state index contributed by atoms with van der Waals surface area (Å²) in [7, 11) is 0. The van der Waals surface area contributed by atoms with Gasteiger partial charge in [-0.05, 0) is 23.2 Å². The van der Waals surface area contributed by atoms with Gasteiger partial charge in [-0.1, -0.05) is 0 Å². The smallest absolute Gasteiger partial charge is 0.352 e. The molecule has 15 nitrogen and oxygen atoms in total. The number of aromatic nitrogens is 2. The number of amides is 3. The number of hydrogen-bond donors (Lipinski definition) is 4. The predicted molar refractivity (Wildman–Crippen MR) is 141 cm³/mol. The fraction of sp³-hybridized carbons (Fsp3) is 0.545. The Bertz CT molecular complexity index is 1260. The van der Waals surface area contributed by atoms with E-state index in [1.54, 1.807) is 11.0 Å². The van der Waals surface area contributed by atoms with Gasteiger partial charge in [-0.2, -0.15) is 4.37 Å². The van der Waals surface area contributed by atoms with Crippen LogP contribution in [0, 0.1) is 4.91 Å². The van der Waals surface area contributed by atoms with E-state index in [1.165, 1.54) is 11.8 Å². The fourth-order valence-electron chi connectivity index (χ4n) is 4.98. The van der Waals surface area contributed by atoms with E-state index < -0.39 is 35.2 Å². The number of carboxylic acids is 1. The summed E-state index contributed by atoms with van der Waals surface area (Å²) in [5.41, 5.74) is 6.17. The van der Waals surface area contributed by atoms with Gasteiger partial charge in [0.15, 0.2) is 11.0 Å². The van der Waals surface area contributed by atoms with Crippen LogP contribution in [0.4, 0.5) is 5.13 Å². The highest BCUT2D eigenvalue weighted by atomic mass is 32.2. The number of anilines is 1. The molecule has 4 aliphatic heterocycles. The monoisotopic (exact) mass is 577 g/mol. The molecule has 17 heteroatoms. The third kappa shape index (κ3) is 5.39. The van der Waals surface area contributed by atoms with Crippen molar-refractivity contribution < 1.29 is 24.3 Å². The zero-order valence-electron chi connectivity index (χ0n) is 20.7. The number of nitrogen functional groups attached to an aromatic ring is 1. The lowest BCUT2D eigenvalue weighted by molar-refractivity contribution is -0.150. The first-order valence-corrected chi connectivity index (χ1v) is 14.2. The normalized spacial score (nSPS) is 25.5. The number of thioether (sulfide) groups is 1. The van der Waals surface area contributed by atoms with Crippen LogP contribution < -0.4 is 16.4 Å². The van der Waals surface area contributed by atoms with Gasteiger partial charge in [-0.25, -0.2) is 9.78 Å². The van der Waals surface area contributed by atoms with Crippen LogP contribution in [-0.2, 0) is 19.2 Å². The van der Waals surface area contributed by atoms with Crippen LogP contribution in [0.25, 0.3) is 0 Å². The van der Waals surface area contributed by atoms with Crippen LogP contribution >= 0.6 is 23.3 Å². The van der Waals surface area contributed by atoms with Crippen molar-refractivity contribution in [1.82, 2.24) is 34.7 Å². The van der Waals surface area contributed by atoms with Gasteiger partial charge in [-0.3, -0.25) is 24.2 Å². The summed E-state index contributed by atoms with van der Waals surface area (Å²) in [5, 5.41) is 17.8. The Morgan fingerprint density at radius 3 is 2.69 bits per heavy atom. The van der Waals surface area contributed by atoms with Gasteiger partial charge in [0.25, 0.3) is 11.8 Å². The van der Waals surface area contributed by atoms with Crippen molar-refractivity contribution in [1.29, 1.82) is 0 Å². The molecule has 39 heavy (non-hydrogen) atoms. The Morgan fingerprint density at radius 2 is 2.03 bits per heavy atom. The standard InChI is InChI=1S/C22H27N9O6S2/c23-22-26-16(28-39-22)13(27-37)17(32)25-14-19(34)31-15(21(35)36)12(10-38-20(14)31)9-11-1-4-30(18(11)33)8-7-29-5-2-24-3-6-29/h9,13-14,20,24H,1-8,10H2,(H,25,32)(H,35,36)(H2,23,26,28). The number of carbonyl (C=O) groups excluding carboxylic acids is 3. The number of carbonyl (C=O) groups is 4. The van der Waals surface area contributed by atoms with Crippen molar-refractivity contribution in [3.63, 3.8) is 0 Å². The minimum absolute atomic E-state index is 0.0569. The van der Waals surface area contributed by atoms with Gasteiger partial charge in [0.2, 0.25) is 11.9 Å². The molecular weight excluding hydrogens is 550 g/mol. The Morgan fingerprint density at radius 1 is 1.26 bits per heavy atom. The van der Waals surface area contributed by atoms with Gasteiger partial charge >= 0.3 is 5.97 Å². The van der Waals surface area contributed by atoms with E-state index in [0.29, 0.717) is 30.7 Å². The van der Waals surface area contributed by atoms with E-state index in [1.807, 2.05) is 0 Å². The summed E-state index contributed by atoms with van der Waals surface area (Å²) in [4.78, 5) is 71.1. The molecule has 3 fully saturated rings. The molecule has 5 rings (SSSR count). The lowest BCUT2D eigenvalue weighted by atomic mass is 10.0. The summed E-state index contributed by atoms with van der Waals surface area (Å²) in [6, 6.07) is -2.65. The van der Waals surface area contributed by atoms with Gasteiger partial charge in [-0.15, -0.1) is 16.7 Å². The molecule has 4 aliphatic rings. The lowest BCUT2D eigenvalue weighted by Crippen LogP contribution is -2.70. The number of nitrogens with zero attached hydrogens (tertiary/aromatic N) is 6. The zero-order chi connectivity index (χ0) is 27.7. The second-order valence-electron chi connectivity index (χ2n) is 9.38. The van der Waals surface area contributed by atoms with E-state index >= 15 is 0 Å². The first-order valence-electron chi connectivity index (χ1n) is 12.3. The summed E-state index contributed by atoms with van der Waals surface area (Å²) in [6.45, 7) is 5.67. The molecule has 5 N–H and O–H groups in total. The summed E-state index contributed by atoms with van der Waals surface area (Å²) in [6.07, 6.45) is 2.08. The maximum absolute atomic E-state index is 13.0. The largest absolute Gasteiger partial charge is 0.477 e. The summed E-state index contributed by atoms with van der Waals surface area (Å²) < 4.78 is 3.82. The highest BCUT2D eigenvalue weighted by Crippen LogP contribution is 2.41. The number of hydrogen-bond acceptors (Lipinski definition) is 13.